The molecule has 5 heteroatoms. The molecule has 1 atom stereocenters. The summed E-state index contributed by atoms with van der Waals surface area (Å²) in [6, 6.07) is 8.49. The number of hydrogen-bond donors (Lipinski definition) is 1. The van der Waals surface area contributed by atoms with E-state index in [9.17, 15) is 0 Å². The normalized spacial score (nSPS) is 12.7. The Kier molecular flexibility index (Phi) is 3.71. The van der Waals surface area contributed by atoms with Gasteiger partial charge in [-0.15, -0.1) is 5.10 Å². The van der Waals surface area contributed by atoms with Gasteiger partial charge in [-0.25, -0.2) is 0 Å². The fraction of sp³-hybridized carbons (Fsp3) is 0.267. The molecule has 1 N–H and O–H groups in total. The zero-order chi connectivity index (χ0) is 13.9. The largest absolute Gasteiger partial charge is 0.309 e. The fourth-order valence-electron chi connectivity index (χ4n) is 2.50. The highest BCUT2D eigenvalue weighted by Crippen LogP contribution is 2.31. The lowest BCUT2D eigenvalue weighted by Crippen LogP contribution is -2.18. The lowest BCUT2D eigenvalue weighted by Gasteiger charge is -2.17. The van der Waals surface area contributed by atoms with Crippen LogP contribution in [0.5, 0.6) is 0 Å². The van der Waals surface area contributed by atoms with Gasteiger partial charge in [0.05, 0.1) is 16.6 Å². The molecule has 0 spiro atoms. The number of pyridine rings is 1. The molecule has 0 aliphatic carbocycles. The molecule has 0 radical (unpaired) electrons. The van der Waals surface area contributed by atoms with Crippen LogP contribution < -0.4 is 5.32 Å². The first-order chi connectivity index (χ1) is 9.85. The quantitative estimate of drug-likeness (QED) is 0.800. The van der Waals surface area contributed by atoms with Gasteiger partial charge in [-0.3, -0.25) is 4.98 Å². The molecular formula is C15H16N4S. The lowest BCUT2D eigenvalue weighted by molar-refractivity contribution is 0.698. The summed E-state index contributed by atoms with van der Waals surface area (Å²) in [6.45, 7) is 2.11. The average molecular weight is 284 g/mol. The minimum Gasteiger partial charge on any atom is -0.309 e. The standard InChI is InChI=1S/C15H16N4S/c1-3-13-15(20-19-18-13)14(16-2)11-6-4-5-10-7-8-17-9-12(10)11/h4-9,14,16H,3H2,1-2H3. The summed E-state index contributed by atoms with van der Waals surface area (Å²) in [5, 5.41) is 9.99. The van der Waals surface area contributed by atoms with Crippen molar-refractivity contribution < 1.29 is 0 Å². The Hall–Kier alpha value is -1.85. The van der Waals surface area contributed by atoms with E-state index in [-0.39, 0.29) is 6.04 Å². The van der Waals surface area contributed by atoms with Crippen LogP contribution in [0.4, 0.5) is 0 Å². The summed E-state index contributed by atoms with van der Waals surface area (Å²) in [4.78, 5) is 5.44. The summed E-state index contributed by atoms with van der Waals surface area (Å²) in [5.41, 5.74) is 2.29. The van der Waals surface area contributed by atoms with Crippen molar-refractivity contribution in [3.63, 3.8) is 0 Å². The first-order valence-corrected chi connectivity index (χ1v) is 7.43. The molecule has 2 heterocycles. The molecule has 1 unspecified atom stereocenters. The monoisotopic (exact) mass is 284 g/mol. The Labute approximate surface area is 122 Å². The lowest BCUT2D eigenvalue weighted by atomic mass is 9.98. The minimum atomic E-state index is 0.109. The highest BCUT2D eigenvalue weighted by atomic mass is 32.1. The molecule has 0 saturated heterocycles. The number of benzene rings is 1. The van der Waals surface area contributed by atoms with Crippen molar-refractivity contribution >= 4 is 22.3 Å². The van der Waals surface area contributed by atoms with Crippen molar-refractivity contribution in [2.75, 3.05) is 7.05 Å². The molecule has 3 rings (SSSR count). The molecule has 0 fully saturated rings. The molecule has 0 saturated carbocycles. The van der Waals surface area contributed by atoms with E-state index < -0.39 is 0 Å². The second kappa shape index (κ2) is 5.64. The maximum atomic E-state index is 4.26. The van der Waals surface area contributed by atoms with Crippen molar-refractivity contribution in [1.82, 2.24) is 19.9 Å². The molecule has 1 aromatic carbocycles. The third-order valence-corrected chi connectivity index (χ3v) is 4.33. The van der Waals surface area contributed by atoms with E-state index in [1.807, 2.05) is 25.5 Å². The van der Waals surface area contributed by atoms with Gasteiger partial charge in [-0.1, -0.05) is 29.6 Å². The molecule has 0 amide bonds. The molecule has 3 aromatic rings. The number of aromatic nitrogens is 3. The minimum absolute atomic E-state index is 0.109. The Morgan fingerprint density at radius 2 is 2.20 bits per heavy atom. The van der Waals surface area contributed by atoms with Crippen molar-refractivity contribution in [1.29, 1.82) is 0 Å². The van der Waals surface area contributed by atoms with Crippen LogP contribution in [-0.2, 0) is 6.42 Å². The first-order valence-electron chi connectivity index (χ1n) is 6.66. The summed E-state index contributed by atoms with van der Waals surface area (Å²) in [6.07, 6.45) is 4.65. The third-order valence-electron chi connectivity index (χ3n) is 3.50. The van der Waals surface area contributed by atoms with Crippen LogP contribution >= 0.6 is 11.5 Å². The predicted octanol–water partition coefficient (Wildman–Crippen LogP) is 2.96. The highest BCUT2D eigenvalue weighted by Gasteiger charge is 2.20. The number of hydrogen-bond acceptors (Lipinski definition) is 5. The maximum absolute atomic E-state index is 4.26. The van der Waals surface area contributed by atoms with Crippen molar-refractivity contribution in [2.24, 2.45) is 0 Å². The third kappa shape index (κ3) is 2.19. The first kappa shape index (κ1) is 13.1. The molecule has 20 heavy (non-hydrogen) atoms. The van der Waals surface area contributed by atoms with E-state index >= 15 is 0 Å². The summed E-state index contributed by atoms with van der Waals surface area (Å²) >= 11 is 1.47. The Morgan fingerprint density at radius 1 is 1.30 bits per heavy atom. The van der Waals surface area contributed by atoms with Crippen molar-refractivity contribution in [3.05, 3.63) is 52.8 Å². The van der Waals surface area contributed by atoms with Gasteiger partial charge in [-0.2, -0.15) is 0 Å². The van der Waals surface area contributed by atoms with Gasteiger partial charge in [0.15, 0.2) is 0 Å². The Morgan fingerprint density at radius 3 is 3.00 bits per heavy atom. The van der Waals surface area contributed by atoms with Gasteiger partial charge >= 0.3 is 0 Å². The van der Waals surface area contributed by atoms with Gasteiger partial charge in [0.2, 0.25) is 0 Å². The van der Waals surface area contributed by atoms with Crippen LogP contribution in [-0.4, -0.2) is 21.6 Å². The predicted molar refractivity (Wildman–Crippen MR) is 81.9 cm³/mol. The van der Waals surface area contributed by atoms with Crippen LogP contribution in [0.25, 0.3) is 10.8 Å². The van der Waals surface area contributed by atoms with E-state index in [0.29, 0.717) is 0 Å². The van der Waals surface area contributed by atoms with E-state index in [1.165, 1.54) is 32.7 Å². The Balaban J connectivity index is 2.17. The Bertz CT molecular complexity index is 717. The molecular weight excluding hydrogens is 268 g/mol. The van der Waals surface area contributed by atoms with Gasteiger partial charge in [0, 0.05) is 17.8 Å². The number of nitrogens with one attached hydrogen (secondary N) is 1. The van der Waals surface area contributed by atoms with Crippen LogP contribution in [0.1, 0.15) is 29.1 Å². The SMILES string of the molecule is CCc1nnsc1C(NC)c1cccc2ccncc12. The van der Waals surface area contributed by atoms with Crippen molar-refractivity contribution in [2.45, 2.75) is 19.4 Å². The maximum Gasteiger partial charge on any atom is 0.0804 e. The smallest absolute Gasteiger partial charge is 0.0804 e. The number of nitrogens with zero attached hydrogens (tertiary/aromatic N) is 3. The molecule has 2 aromatic heterocycles. The van der Waals surface area contributed by atoms with Gasteiger partial charge in [-0.05, 0) is 42.0 Å². The average Bonchev–Trinajstić information content (AvgIpc) is 2.97. The van der Waals surface area contributed by atoms with E-state index in [4.69, 9.17) is 0 Å². The zero-order valence-corrected chi connectivity index (χ0v) is 12.3. The number of rotatable bonds is 4. The summed E-state index contributed by atoms with van der Waals surface area (Å²) < 4.78 is 4.10. The zero-order valence-electron chi connectivity index (χ0n) is 11.5. The molecule has 4 nitrogen and oxygen atoms in total. The highest BCUT2D eigenvalue weighted by molar-refractivity contribution is 7.05. The molecule has 0 aliphatic heterocycles. The van der Waals surface area contributed by atoms with Crippen LogP contribution in [0.2, 0.25) is 0 Å². The van der Waals surface area contributed by atoms with E-state index in [2.05, 4.69) is 45.0 Å². The van der Waals surface area contributed by atoms with Gasteiger partial charge in [0.25, 0.3) is 0 Å². The van der Waals surface area contributed by atoms with Crippen LogP contribution in [0, 0.1) is 0 Å². The van der Waals surface area contributed by atoms with Crippen LogP contribution in [0.15, 0.2) is 36.7 Å². The number of fused-ring (bicyclic) bond motifs is 1. The summed E-state index contributed by atoms with van der Waals surface area (Å²) in [5.74, 6) is 0. The molecule has 0 bridgehead atoms. The molecule has 0 aliphatic rings. The van der Waals surface area contributed by atoms with Crippen molar-refractivity contribution in [3.8, 4) is 0 Å². The summed E-state index contributed by atoms with van der Waals surface area (Å²) in [7, 11) is 1.97. The second-order valence-corrected chi connectivity index (χ2v) is 5.39. The second-order valence-electron chi connectivity index (χ2n) is 4.60. The van der Waals surface area contributed by atoms with Gasteiger partial charge in [0.1, 0.15) is 0 Å². The van der Waals surface area contributed by atoms with Crippen LogP contribution in [0.3, 0.4) is 0 Å². The topological polar surface area (TPSA) is 50.7 Å². The molecule has 102 valence electrons. The number of aryl methyl sites for hydroxylation is 1. The van der Waals surface area contributed by atoms with E-state index in [0.717, 1.165) is 12.1 Å². The van der Waals surface area contributed by atoms with E-state index in [1.54, 1.807) is 0 Å². The van der Waals surface area contributed by atoms with Gasteiger partial charge < -0.3 is 5.32 Å². The fourth-order valence-corrected chi connectivity index (χ4v) is 3.36.